The van der Waals surface area contributed by atoms with Crippen molar-refractivity contribution in [2.24, 2.45) is 0 Å². The molecule has 0 aliphatic heterocycles. The molecular formula is C49H32EuF7N4O8P. The van der Waals surface area contributed by atoms with E-state index in [0.29, 0.717) is 4.57 Å². The molecule has 0 bridgehead atoms. The van der Waals surface area contributed by atoms with Gasteiger partial charge in [-0.3, -0.25) is 34.4 Å². The maximum absolute atomic E-state index is 14.6. The van der Waals surface area contributed by atoms with Crippen molar-refractivity contribution in [2.45, 2.75) is 18.0 Å². The average molecular weight is 1120 g/mol. The van der Waals surface area contributed by atoms with Crippen molar-refractivity contribution >= 4 is 68.2 Å². The molecule has 70 heavy (non-hydrogen) atoms. The van der Waals surface area contributed by atoms with E-state index in [0.717, 1.165) is 52.3 Å². The van der Waals surface area contributed by atoms with E-state index in [1.165, 1.54) is 65.6 Å². The Kier molecular flexibility index (Phi) is 15.8. The van der Waals surface area contributed by atoms with Crippen molar-refractivity contribution in [1.29, 1.82) is 0 Å². The van der Waals surface area contributed by atoms with Crippen molar-refractivity contribution < 1.29 is 104 Å². The molecule has 7 aromatic carbocycles. The Labute approximate surface area is 432 Å². The molecule has 0 aliphatic rings. The zero-order valence-corrected chi connectivity index (χ0v) is 38.8. The van der Waals surface area contributed by atoms with Crippen molar-refractivity contribution in [3.8, 4) is 11.4 Å². The molecule has 1 radical (unpaired) electrons. The number of aromatic nitrogens is 1. The summed E-state index contributed by atoms with van der Waals surface area (Å²) in [5, 5.41) is 35.4. The Bertz CT molecular complexity index is 3140. The molecule has 0 unspecified atom stereocenters. The van der Waals surface area contributed by atoms with Gasteiger partial charge in [0.2, 0.25) is 5.78 Å². The SMILES string of the molecule is O=C(c1c(O)c2ccc(N(c3ccc([N+](=O)[O-])cc3)c3ccc([N+](=O)[O-])cc3)cc2n(-c2ccccc2)c1=O)C(F)(F)C(F)(F)C(F)(F)F.O=P(c1ccccc1)(c1ccccc1)c1ccccc1.[Eu]. The molecule has 1 heterocycles. The zero-order valence-electron chi connectivity index (χ0n) is 35.5. The number of rotatable bonds is 12. The van der Waals surface area contributed by atoms with Crippen LogP contribution in [0.1, 0.15) is 10.4 Å². The largest absolute Gasteiger partial charge is 0.506 e. The summed E-state index contributed by atoms with van der Waals surface area (Å²) in [6.07, 6.45) is -6.91. The van der Waals surface area contributed by atoms with Gasteiger partial charge in [-0.15, -0.1) is 0 Å². The minimum atomic E-state index is -6.93. The third-order valence-electron chi connectivity index (χ3n) is 10.7. The Morgan fingerprint density at radius 3 is 1.31 bits per heavy atom. The Morgan fingerprint density at radius 2 is 0.943 bits per heavy atom. The van der Waals surface area contributed by atoms with Gasteiger partial charge >= 0.3 is 18.0 Å². The van der Waals surface area contributed by atoms with Crippen LogP contribution in [0.5, 0.6) is 5.75 Å². The van der Waals surface area contributed by atoms with E-state index in [9.17, 15) is 70.2 Å². The van der Waals surface area contributed by atoms with Gasteiger partial charge in [-0.1, -0.05) is 109 Å². The predicted molar refractivity (Wildman–Crippen MR) is 245 cm³/mol. The first-order valence-corrected chi connectivity index (χ1v) is 21.8. The van der Waals surface area contributed by atoms with Gasteiger partial charge in [0.05, 0.1) is 15.4 Å². The first kappa shape index (κ1) is 52.5. The number of carbonyl (C=O) groups is 1. The van der Waals surface area contributed by atoms with Crippen molar-refractivity contribution in [2.75, 3.05) is 4.90 Å². The van der Waals surface area contributed by atoms with E-state index < -0.39 is 63.1 Å². The van der Waals surface area contributed by atoms with E-state index >= 15 is 0 Å². The van der Waals surface area contributed by atoms with E-state index in [1.807, 2.05) is 91.0 Å². The number of anilines is 3. The third-order valence-corrected chi connectivity index (χ3v) is 13.7. The molecular weight excluding hydrogens is 1090 g/mol. The summed E-state index contributed by atoms with van der Waals surface area (Å²) in [4.78, 5) is 48.9. The number of nitrogens with zero attached hydrogens (tertiary/aromatic N) is 4. The minimum Gasteiger partial charge on any atom is -0.506 e. The molecule has 8 aromatic rings. The molecule has 0 atom stereocenters. The Hall–Kier alpha value is -6.86. The molecule has 0 saturated carbocycles. The number of hydrogen-bond donors (Lipinski definition) is 1. The number of Topliss-reactive ketones (excluding diaryl/α,β-unsaturated/α-hetero) is 1. The molecule has 1 N–H and O–H groups in total. The molecule has 357 valence electrons. The van der Waals surface area contributed by atoms with Crippen LogP contribution < -0.4 is 26.4 Å². The Balaban J connectivity index is 0.000000318. The molecule has 8 rings (SSSR count). The molecule has 21 heteroatoms. The normalized spacial score (nSPS) is 11.7. The summed E-state index contributed by atoms with van der Waals surface area (Å²) in [5.74, 6) is -18.3. The number of halogens is 7. The molecule has 0 amide bonds. The van der Waals surface area contributed by atoms with Crippen LogP contribution in [0.4, 0.5) is 59.2 Å². The first-order valence-electron chi connectivity index (χ1n) is 20.1. The van der Waals surface area contributed by atoms with Crippen LogP contribution in [0, 0.1) is 69.6 Å². The number of aromatic hydroxyl groups is 1. The number of para-hydroxylation sites is 1. The summed E-state index contributed by atoms with van der Waals surface area (Å²) in [6, 6.07) is 48.7. The summed E-state index contributed by atoms with van der Waals surface area (Å²) in [7, 11) is -2.78. The maximum Gasteiger partial charge on any atom is 0.460 e. The van der Waals surface area contributed by atoms with Gasteiger partial charge in [0, 0.05) is 118 Å². The summed E-state index contributed by atoms with van der Waals surface area (Å²) in [5.41, 5.74) is -4.59. The predicted octanol–water partition coefficient (Wildman–Crippen LogP) is 11.3. The standard InChI is InChI=1S/C31H17F7N4O7.C18H15OP.Eu/c32-29(33,30(34,35)31(36,37)38)27(44)25-26(43)23-15-14-22(16-24(23)40(28(25)45)17-4-2-1-3-5-17)39(18-6-10-20(11-7-18)41(46)47)19-8-12-21(13-9-19)42(48)49;19-20(16-10-4-1-5-11-16,17-12-6-2-7-13-17)18-14-8-3-9-15-18;/h1-16,43H;1-15H;. The van der Waals surface area contributed by atoms with E-state index in [2.05, 4.69) is 0 Å². The van der Waals surface area contributed by atoms with Crippen molar-refractivity contribution in [3.63, 3.8) is 0 Å². The number of hydrogen-bond acceptors (Lipinski definition) is 9. The second kappa shape index (κ2) is 21.0. The number of fused-ring (bicyclic) bond motifs is 1. The number of benzene rings is 7. The number of ketones is 1. The minimum absolute atomic E-state index is 0. The fourth-order valence-corrected chi connectivity index (χ4v) is 9.94. The van der Waals surface area contributed by atoms with E-state index in [1.54, 1.807) is 0 Å². The smallest absolute Gasteiger partial charge is 0.460 e. The van der Waals surface area contributed by atoms with Gasteiger partial charge in [0.15, 0.2) is 7.14 Å². The number of nitro benzene ring substituents is 2. The van der Waals surface area contributed by atoms with Gasteiger partial charge in [0.1, 0.15) is 11.3 Å². The third kappa shape index (κ3) is 10.1. The van der Waals surface area contributed by atoms with Crippen LogP contribution in [0.15, 0.2) is 193 Å². The summed E-state index contributed by atoms with van der Waals surface area (Å²) in [6.45, 7) is 0. The van der Waals surface area contributed by atoms with Crippen LogP contribution in [0.3, 0.4) is 0 Å². The summed E-state index contributed by atoms with van der Waals surface area (Å²) < 4.78 is 110. The van der Waals surface area contributed by atoms with E-state index in [-0.39, 0.29) is 89.0 Å². The molecule has 0 saturated heterocycles. The van der Waals surface area contributed by atoms with E-state index in [4.69, 9.17) is 0 Å². The molecule has 1 aromatic heterocycles. The topological polar surface area (TPSA) is 166 Å². The second-order valence-electron chi connectivity index (χ2n) is 14.9. The summed E-state index contributed by atoms with van der Waals surface area (Å²) >= 11 is 0. The first-order chi connectivity index (χ1) is 32.7. The van der Waals surface area contributed by atoms with Crippen LogP contribution in [-0.4, -0.2) is 43.3 Å². The molecule has 0 fully saturated rings. The molecule has 12 nitrogen and oxygen atoms in total. The molecule has 0 spiro atoms. The zero-order chi connectivity index (χ0) is 49.9. The fourth-order valence-electron chi connectivity index (χ4n) is 7.27. The number of non-ortho nitro benzene ring substituents is 2. The van der Waals surface area contributed by atoms with Crippen molar-refractivity contribution in [3.05, 3.63) is 224 Å². The second-order valence-corrected chi connectivity index (χ2v) is 17.6. The van der Waals surface area contributed by atoms with Gasteiger partial charge < -0.3 is 14.6 Å². The number of carbonyl (C=O) groups excluding carboxylic acids is 1. The quantitative estimate of drug-likeness (QED) is 0.0412. The van der Waals surface area contributed by atoms with Gasteiger partial charge in [-0.25, -0.2) is 0 Å². The fraction of sp³-hybridized carbons (Fsp3) is 0.0612. The Morgan fingerprint density at radius 1 is 0.571 bits per heavy atom. The van der Waals surface area contributed by atoms with Gasteiger partial charge in [-0.2, -0.15) is 30.7 Å². The number of pyridine rings is 1. The van der Waals surface area contributed by atoms with Gasteiger partial charge in [0.25, 0.3) is 16.9 Å². The van der Waals surface area contributed by atoms with Crippen LogP contribution >= 0.6 is 7.14 Å². The molecule has 0 aliphatic carbocycles. The monoisotopic (exact) mass is 1120 g/mol. The number of alkyl halides is 7. The van der Waals surface area contributed by atoms with Crippen molar-refractivity contribution in [1.82, 2.24) is 4.57 Å². The number of nitro groups is 2. The van der Waals surface area contributed by atoms with Crippen LogP contribution in [0.25, 0.3) is 16.6 Å². The average Bonchev–Trinajstić information content (AvgIpc) is 3.35. The maximum atomic E-state index is 14.6. The van der Waals surface area contributed by atoms with Gasteiger partial charge in [-0.05, 0) is 54.6 Å². The van der Waals surface area contributed by atoms with Crippen LogP contribution in [0.2, 0.25) is 0 Å². The van der Waals surface area contributed by atoms with Crippen LogP contribution in [-0.2, 0) is 4.57 Å².